The van der Waals surface area contributed by atoms with E-state index in [-0.39, 0.29) is 36.1 Å². The molecule has 6 aliphatic rings. The van der Waals surface area contributed by atoms with Gasteiger partial charge in [-0.05, 0) is 224 Å². The number of methoxy groups -OCH3 is 1. The van der Waals surface area contributed by atoms with Crippen molar-refractivity contribution in [2.24, 2.45) is 22.7 Å². The number of likely N-dealkylation sites (tertiary alicyclic amines) is 1. The fraction of sp³-hybridized carbons (Fsp3) is 0.639. The molecule has 536 valence electrons. The van der Waals surface area contributed by atoms with Gasteiger partial charge in [0.2, 0.25) is 17.7 Å². The first kappa shape index (κ1) is 81.4. The number of carbonyl (C=O) groups excluding carboxylic acids is 4. The molecule has 2 N–H and O–H groups in total. The normalized spacial score (nSPS) is 20.4. The number of nitrogens with zero attached hydrogens (tertiary/aromatic N) is 6. The summed E-state index contributed by atoms with van der Waals surface area (Å²) < 4.78 is 20.2. The van der Waals surface area contributed by atoms with Gasteiger partial charge in [0.05, 0.1) is 18.4 Å². The Morgan fingerprint density at radius 3 is 2.19 bits per heavy atom. The third kappa shape index (κ3) is 23.1. The van der Waals surface area contributed by atoms with Crippen LogP contribution in [-0.4, -0.2) is 120 Å². The molecule has 13 nitrogen and oxygen atoms in total. The number of ether oxygens (including phenoxy) is 1. The fourth-order valence-electron chi connectivity index (χ4n) is 14.1. The maximum atomic E-state index is 15.0. The number of fused-ring (bicyclic) bond motifs is 2. The molecule has 97 heavy (non-hydrogen) atoms. The van der Waals surface area contributed by atoms with Crippen molar-refractivity contribution in [3.8, 4) is 23.1 Å². The van der Waals surface area contributed by atoms with Crippen LogP contribution in [0.3, 0.4) is 0 Å². The second-order valence-electron chi connectivity index (χ2n) is 27.6. The van der Waals surface area contributed by atoms with E-state index in [0.717, 1.165) is 155 Å². The fourth-order valence-corrected chi connectivity index (χ4v) is 14.1. The zero-order valence-electron chi connectivity index (χ0n) is 62.8. The Hall–Kier alpha value is -6.27. The Labute approximate surface area is 585 Å². The second kappa shape index (κ2) is 42.6. The number of aliphatic imine (C=N–C) groups is 1. The van der Waals surface area contributed by atoms with Crippen LogP contribution in [-0.2, 0) is 30.3 Å². The number of anilines is 2. The molecule has 3 amide bonds. The van der Waals surface area contributed by atoms with Gasteiger partial charge in [0.1, 0.15) is 24.0 Å². The molecular weight excluding hydrogens is 1210 g/mol. The van der Waals surface area contributed by atoms with Gasteiger partial charge in [-0.2, -0.15) is 0 Å². The summed E-state index contributed by atoms with van der Waals surface area (Å²) in [7, 11) is 1.81. The smallest absolute Gasteiger partial charge is 0.249 e. The zero-order valence-corrected chi connectivity index (χ0v) is 62.8. The van der Waals surface area contributed by atoms with Gasteiger partial charge >= 0.3 is 0 Å². The van der Waals surface area contributed by atoms with E-state index in [1.165, 1.54) is 109 Å². The third-order valence-electron chi connectivity index (χ3n) is 20.5. The van der Waals surface area contributed by atoms with Crippen molar-refractivity contribution in [1.29, 1.82) is 0 Å². The van der Waals surface area contributed by atoms with E-state index in [4.69, 9.17) is 19.5 Å². The summed E-state index contributed by atoms with van der Waals surface area (Å²) in [6, 6.07) is 15.2. The number of aldehydes is 1. The summed E-state index contributed by atoms with van der Waals surface area (Å²) in [5.74, 6) is 9.56. The van der Waals surface area contributed by atoms with Crippen LogP contribution in [0.15, 0.2) is 53.7 Å². The minimum absolute atomic E-state index is 0.0761. The van der Waals surface area contributed by atoms with E-state index in [9.17, 15) is 19.5 Å². The van der Waals surface area contributed by atoms with E-state index in [1.807, 2.05) is 67.0 Å². The molecular formula is C83H126FN7O6. The Bertz CT molecular complexity index is 3340. The number of nitrogens with one attached hydrogen (secondary N) is 1. The highest BCUT2D eigenvalue weighted by Gasteiger charge is 2.37. The molecule has 1 aliphatic carbocycles. The molecule has 14 heteroatoms. The number of amides is 3. The van der Waals surface area contributed by atoms with Crippen LogP contribution in [0.5, 0.6) is 0 Å². The first-order chi connectivity index (χ1) is 46.8. The van der Waals surface area contributed by atoms with Crippen LogP contribution in [0.2, 0.25) is 0 Å². The second-order valence-corrected chi connectivity index (χ2v) is 27.6. The van der Waals surface area contributed by atoms with Gasteiger partial charge in [0.15, 0.2) is 0 Å². The van der Waals surface area contributed by atoms with Gasteiger partial charge < -0.3 is 24.4 Å². The maximum absolute atomic E-state index is 15.0. The van der Waals surface area contributed by atoms with Crippen LogP contribution in [0, 0.1) is 49.3 Å². The van der Waals surface area contributed by atoms with Crippen LogP contribution < -0.4 is 25.6 Å². The summed E-state index contributed by atoms with van der Waals surface area (Å²) in [6.07, 6.45) is 27.3. The Balaban J connectivity index is 0.000000273. The van der Waals surface area contributed by atoms with Gasteiger partial charge in [0.25, 0.3) is 0 Å². The molecule has 10 rings (SSSR count). The summed E-state index contributed by atoms with van der Waals surface area (Å²) in [5, 5.41) is 16.6. The number of pyridine rings is 1. The Morgan fingerprint density at radius 2 is 1.59 bits per heavy atom. The summed E-state index contributed by atoms with van der Waals surface area (Å²) >= 11 is 0. The number of hydrogen-bond donors (Lipinski definition) is 2. The quantitative estimate of drug-likeness (QED) is 0.0379. The van der Waals surface area contributed by atoms with Crippen molar-refractivity contribution in [3.63, 3.8) is 0 Å². The number of aliphatic hydroxyl groups is 1. The molecule has 4 aromatic rings. The Kier molecular flexibility index (Phi) is 35.8. The minimum atomic E-state index is -0.651. The molecule has 6 heterocycles. The lowest BCUT2D eigenvalue weighted by Gasteiger charge is -2.35. The monoisotopic (exact) mass is 1340 g/mol. The van der Waals surface area contributed by atoms with Crippen LogP contribution >= 0.6 is 0 Å². The number of β-amino-alcohol motifs (C(OH)–C–C–N with tert-alkyl or cyclic N) is 1. The summed E-state index contributed by atoms with van der Waals surface area (Å²) in [5.41, 5.74) is 8.80. The molecule has 5 saturated heterocycles. The van der Waals surface area contributed by atoms with E-state index < -0.39 is 6.04 Å². The molecule has 6 unspecified atom stereocenters. The number of piperidine rings is 3. The molecule has 3 aromatic carbocycles. The Morgan fingerprint density at radius 1 is 0.876 bits per heavy atom. The number of rotatable bonds is 20. The van der Waals surface area contributed by atoms with E-state index in [2.05, 4.69) is 111 Å². The lowest BCUT2D eigenvalue weighted by Crippen LogP contribution is -2.54. The number of unbranched alkanes of at least 4 members (excludes halogenated alkanes) is 1. The van der Waals surface area contributed by atoms with Crippen molar-refractivity contribution in [1.82, 2.24) is 20.1 Å². The zero-order chi connectivity index (χ0) is 71.1. The molecule has 6 fully saturated rings. The first-order valence-electron chi connectivity index (χ1n) is 37.9. The molecule has 1 aromatic heterocycles. The van der Waals surface area contributed by atoms with Gasteiger partial charge in [-0.1, -0.05) is 132 Å². The van der Waals surface area contributed by atoms with Crippen molar-refractivity contribution in [3.05, 3.63) is 87.2 Å². The number of carbonyl (C=O) groups is 4. The molecule has 0 spiro atoms. The number of benzene rings is 3. The lowest BCUT2D eigenvalue weighted by molar-refractivity contribution is -0.135. The molecule has 0 radical (unpaired) electrons. The van der Waals surface area contributed by atoms with Crippen molar-refractivity contribution < 1.29 is 33.4 Å². The van der Waals surface area contributed by atoms with Crippen LogP contribution in [0.25, 0.3) is 34.4 Å². The van der Waals surface area contributed by atoms with Crippen LogP contribution in [0.4, 0.5) is 15.8 Å². The number of halogens is 1. The average Bonchev–Trinajstić information content (AvgIpc) is 1.10. The first-order valence-corrected chi connectivity index (χ1v) is 37.9. The van der Waals surface area contributed by atoms with E-state index in [0.29, 0.717) is 50.0 Å². The van der Waals surface area contributed by atoms with Gasteiger partial charge in [0, 0.05) is 104 Å². The predicted molar refractivity (Wildman–Crippen MR) is 404 cm³/mol. The number of imide groups is 1. The predicted octanol–water partition coefficient (Wildman–Crippen LogP) is 16.7. The SMILES string of the molecule is C=c1c(C)c(-c2cc(C3CCC3)cc3ccc(F)c(CC)c23)nc/c1=C(/N=C(\C)CC)N1CCCC(O)C1.CC.CC=O.CCCC.CCCC(=O)N(c1ccc(N2CCC(C#CC(CCC)CCC(C)CC)CC2)cc1C)C1CCC(=O)NC1=O.COCC1CCC2CCCN21. The highest BCUT2D eigenvalue weighted by Crippen LogP contribution is 2.42. The average molecular weight is 1340 g/mol. The highest BCUT2D eigenvalue weighted by molar-refractivity contribution is 6.07. The molecule has 0 bridgehead atoms. The molecule has 1 saturated carbocycles. The molecule has 5 aliphatic heterocycles. The van der Waals surface area contributed by atoms with E-state index >= 15 is 4.39 Å². The van der Waals surface area contributed by atoms with Crippen LogP contribution in [0.1, 0.15) is 259 Å². The molecule has 6 atom stereocenters. The van der Waals surface area contributed by atoms with Crippen molar-refractivity contribution >= 4 is 64.3 Å². The number of aromatic nitrogens is 1. The van der Waals surface area contributed by atoms with Gasteiger partial charge in [-0.25, -0.2) is 9.38 Å². The maximum Gasteiger partial charge on any atom is 0.249 e. The minimum Gasteiger partial charge on any atom is -0.391 e. The summed E-state index contributed by atoms with van der Waals surface area (Å²) in [4.78, 5) is 65.2. The topological polar surface area (TPSA) is 148 Å². The number of aliphatic hydroxyl groups excluding tert-OH is 1. The van der Waals surface area contributed by atoms with Gasteiger partial charge in [-0.3, -0.25) is 34.5 Å². The third-order valence-corrected chi connectivity index (χ3v) is 20.5. The lowest BCUT2D eigenvalue weighted by atomic mass is 9.78. The largest absolute Gasteiger partial charge is 0.391 e. The summed E-state index contributed by atoms with van der Waals surface area (Å²) in [6.45, 7) is 39.0. The van der Waals surface area contributed by atoms with Crippen molar-refractivity contribution in [2.45, 2.75) is 281 Å². The van der Waals surface area contributed by atoms with Gasteiger partial charge in [-0.15, -0.1) is 0 Å². The standard InChI is InChI=1S/C33H40FN3O.C33H49N3O3.C9H17NO.C4H10.C2H4O.C2H6/c1-6-20(3)36-33(37-15-9-12-26(38)19-37)29-18-35-32(22(5)21(29)4)28-17-25(23-10-8-11-23)16-24-13-14-30(34)27(7-2)31(24)28;1-6-9-26(12-11-24(4)8-3)13-14-27-19-21-35(22-20-27)28-15-16-29(25(5)23-28)36(32(38)10-7-2)30-17-18-31(37)34-33(30)39;1-11-7-9-5-4-8-3-2-6-10(8)9;1-3-4-2;1-2-3;1-2/h13-14,16-18,23,26,38H,4,6-12,15,19H2,1-3,5H3;15-16,23-24,26-27,30H,6-12,17-22H2,1-5H3,(H,34,37,39);8-9H,2-7H2,1H3;3-4H2,1-2H3;2H,1H3;1-2H3/b33-29+,36-20+;;;;;. The van der Waals surface area contributed by atoms with Crippen molar-refractivity contribution in [2.75, 3.05) is 56.2 Å². The number of aryl methyl sites for hydroxylation is 2. The number of hydrogen-bond acceptors (Lipinski definition) is 11. The highest BCUT2D eigenvalue weighted by atomic mass is 19.1. The van der Waals surface area contributed by atoms with E-state index in [1.54, 1.807) is 11.0 Å².